The predicted octanol–water partition coefficient (Wildman–Crippen LogP) is 1.18. The normalized spacial score (nSPS) is 17.0. The molecule has 0 saturated carbocycles. The zero-order chi connectivity index (χ0) is 18.4. The quantitative estimate of drug-likeness (QED) is 0.726. The number of amides is 3. The van der Waals surface area contributed by atoms with Gasteiger partial charge in [0.25, 0.3) is 5.91 Å². The first-order valence-electron chi connectivity index (χ1n) is 8.46. The molecule has 25 heavy (non-hydrogen) atoms. The summed E-state index contributed by atoms with van der Waals surface area (Å²) in [6.07, 6.45) is 0.222. The van der Waals surface area contributed by atoms with Gasteiger partial charge in [-0.05, 0) is 18.1 Å². The number of halogens is 1. The summed E-state index contributed by atoms with van der Waals surface area (Å²) in [6.45, 7) is 5.56. The highest BCUT2D eigenvalue weighted by atomic mass is 19.1. The van der Waals surface area contributed by atoms with Gasteiger partial charge in [-0.2, -0.15) is 0 Å². The molecule has 1 aliphatic heterocycles. The van der Waals surface area contributed by atoms with Gasteiger partial charge in [0, 0.05) is 32.6 Å². The van der Waals surface area contributed by atoms with E-state index in [4.69, 9.17) is 0 Å². The van der Waals surface area contributed by atoms with Gasteiger partial charge in [-0.15, -0.1) is 0 Å². The molecule has 0 bridgehead atoms. The van der Waals surface area contributed by atoms with Gasteiger partial charge in [0.2, 0.25) is 11.8 Å². The molecule has 2 N–H and O–H groups in total. The largest absolute Gasteiger partial charge is 0.354 e. The van der Waals surface area contributed by atoms with Crippen LogP contribution in [0.15, 0.2) is 24.3 Å². The Hall–Kier alpha value is -2.44. The maximum atomic E-state index is 13.5. The van der Waals surface area contributed by atoms with Crippen LogP contribution in [0, 0.1) is 17.7 Å². The highest BCUT2D eigenvalue weighted by Gasteiger charge is 2.34. The predicted molar refractivity (Wildman–Crippen MR) is 91.3 cm³/mol. The van der Waals surface area contributed by atoms with Crippen LogP contribution in [-0.4, -0.2) is 48.8 Å². The second-order valence-corrected chi connectivity index (χ2v) is 6.62. The van der Waals surface area contributed by atoms with Crippen LogP contribution in [0.3, 0.4) is 0 Å². The first-order valence-corrected chi connectivity index (χ1v) is 8.46. The number of nitrogens with zero attached hydrogens (tertiary/aromatic N) is 1. The second-order valence-electron chi connectivity index (χ2n) is 6.62. The van der Waals surface area contributed by atoms with Crippen molar-refractivity contribution >= 4 is 17.7 Å². The van der Waals surface area contributed by atoms with E-state index >= 15 is 0 Å². The van der Waals surface area contributed by atoms with E-state index in [1.807, 2.05) is 13.8 Å². The van der Waals surface area contributed by atoms with Gasteiger partial charge in [0.15, 0.2) is 0 Å². The molecule has 1 atom stereocenters. The van der Waals surface area contributed by atoms with Crippen LogP contribution in [0.4, 0.5) is 4.39 Å². The van der Waals surface area contributed by atoms with Crippen molar-refractivity contribution in [1.82, 2.24) is 15.5 Å². The van der Waals surface area contributed by atoms with E-state index in [1.165, 1.54) is 18.2 Å². The lowest BCUT2D eigenvalue weighted by Gasteiger charge is -2.18. The summed E-state index contributed by atoms with van der Waals surface area (Å²) in [7, 11) is 0. The Morgan fingerprint density at radius 1 is 1.24 bits per heavy atom. The lowest BCUT2D eigenvalue weighted by molar-refractivity contribution is -0.129. The van der Waals surface area contributed by atoms with Gasteiger partial charge in [-0.25, -0.2) is 4.39 Å². The standard InChI is InChI=1S/C18H24FN3O3/c1-12(2)10-22-11-13(9-16(22)23)17(24)20-7-8-21-18(25)14-5-3-4-6-15(14)19/h3-6,12-13H,7-11H2,1-2H3,(H,20,24)(H,21,25). The van der Waals surface area contributed by atoms with Crippen LogP contribution in [0.2, 0.25) is 0 Å². The smallest absolute Gasteiger partial charge is 0.254 e. The Morgan fingerprint density at radius 2 is 1.92 bits per heavy atom. The van der Waals surface area contributed by atoms with Crippen molar-refractivity contribution in [2.75, 3.05) is 26.2 Å². The first kappa shape index (κ1) is 18.9. The Labute approximate surface area is 146 Å². The minimum absolute atomic E-state index is 0.00158. The summed E-state index contributed by atoms with van der Waals surface area (Å²) >= 11 is 0. The molecule has 0 spiro atoms. The fourth-order valence-electron chi connectivity index (χ4n) is 2.81. The molecule has 1 fully saturated rings. The molecular formula is C18H24FN3O3. The number of nitrogens with one attached hydrogen (secondary N) is 2. The molecule has 3 amide bonds. The summed E-state index contributed by atoms with van der Waals surface area (Å²) in [4.78, 5) is 37.6. The highest BCUT2D eigenvalue weighted by Crippen LogP contribution is 2.19. The van der Waals surface area contributed by atoms with Crippen molar-refractivity contribution in [2.24, 2.45) is 11.8 Å². The van der Waals surface area contributed by atoms with Crippen LogP contribution in [-0.2, 0) is 9.59 Å². The van der Waals surface area contributed by atoms with Crippen molar-refractivity contribution < 1.29 is 18.8 Å². The van der Waals surface area contributed by atoms with Gasteiger partial charge < -0.3 is 15.5 Å². The fourth-order valence-corrected chi connectivity index (χ4v) is 2.81. The van der Waals surface area contributed by atoms with Gasteiger partial charge >= 0.3 is 0 Å². The molecule has 2 rings (SSSR count). The molecule has 1 aromatic rings. The van der Waals surface area contributed by atoms with E-state index in [-0.39, 0.29) is 42.8 Å². The number of carbonyl (C=O) groups is 3. The third-order valence-corrected chi connectivity index (χ3v) is 4.00. The molecule has 1 aromatic carbocycles. The molecule has 0 radical (unpaired) electrons. The summed E-state index contributed by atoms with van der Waals surface area (Å²) in [5, 5.41) is 5.27. The molecule has 6 nitrogen and oxygen atoms in total. The van der Waals surface area contributed by atoms with E-state index in [9.17, 15) is 18.8 Å². The van der Waals surface area contributed by atoms with Gasteiger partial charge in [-0.3, -0.25) is 14.4 Å². The molecule has 136 valence electrons. The van der Waals surface area contributed by atoms with Crippen LogP contribution in [0.5, 0.6) is 0 Å². The molecule has 1 aliphatic rings. The zero-order valence-corrected chi connectivity index (χ0v) is 14.5. The third-order valence-electron chi connectivity index (χ3n) is 4.00. The number of rotatable bonds is 7. The number of likely N-dealkylation sites (tertiary alicyclic amines) is 1. The summed E-state index contributed by atoms with van der Waals surface area (Å²) in [5.74, 6) is -1.29. The SMILES string of the molecule is CC(C)CN1CC(C(=O)NCCNC(=O)c2ccccc2F)CC1=O. The maximum absolute atomic E-state index is 13.5. The van der Waals surface area contributed by atoms with E-state index in [0.29, 0.717) is 19.0 Å². The van der Waals surface area contributed by atoms with Crippen molar-refractivity contribution in [2.45, 2.75) is 20.3 Å². The molecule has 0 aliphatic carbocycles. The van der Waals surface area contributed by atoms with E-state index in [2.05, 4.69) is 10.6 Å². The van der Waals surface area contributed by atoms with Gasteiger partial charge in [0.1, 0.15) is 5.82 Å². The van der Waals surface area contributed by atoms with Crippen molar-refractivity contribution in [3.8, 4) is 0 Å². The van der Waals surface area contributed by atoms with Crippen molar-refractivity contribution in [1.29, 1.82) is 0 Å². The van der Waals surface area contributed by atoms with Crippen LogP contribution in [0.1, 0.15) is 30.6 Å². The monoisotopic (exact) mass is 349 g/mol. The Bertz CT molecular complexity index is 648. The van der Waals surface area contributed by atoms with E-state index < -0.39 is 11.7 Å². The first-order chi connectivity index (χ1) is 11.9. The minimum Gasteiger partial charge on any atom is -0.354 e. The molecule has 1 saturated heterocycles. The van der Waals surface area contributed by atoms with E-state index in [1.54, 1.807) is 11.0 Å². The minimum atomic E-state index is -0.584. The van der Waals surface area contributed by atoms with Crippen molar-refractivity contribution in [3.05, 3.63) is 35.6 Å². The van der Waals surface area contributed by atoms with Crippen LogP contribution in [0.25, 0.3) is 0 Å². The third kappa shape index (κ3) is 5.27. The molecule has 1 heterocycles. The average Bonchev–Trinajstić information content (AvgIpc) is 2.92. The Morgan fingerprint density at radius 3 is 2.60 bits per heavy atom. The van der Waals surface area contributed by atoms with Crippen molar-refractivity contribution in [3.63, 3.8) is 0 Å². The lowest BCUT2D eigenvalue weighted by Crippen LogP contribution is -2.38. The number of benzene rings is 1. The highest BCUT2D eigenvalue weighted by molar-refractivity contribution is 5.94. The molecule has 0 aromatic heterocycles. The summed E-state index contributed by atoms with van der Waals surface area (Å²) < 4.78 is 13.5. The summed E-state index contributed by atoms with van der Waals surface area (Å²) in [6, 6.07) is 5.71. The lowest BCUT2D eigenvalue weighted by atomic mass is 10.1. The number of hydrogen-bond acceptors (Lipinski definition) is 3. The van der Waals surface area contributed by atoms with Gasteiger partial charge in [0.05, 0.1) is 11.5 Å². The number of carbonyl (C=O) groups excluding carboxylic acids is 3. The maximum Gasteiger partial charge on any atom is 0.254 e. The zero-order valence-electron chi connectivity index (χ0n) is 14.5. The topological polar surface area (TPSA) is 78.5 Å². The van der Waals surface area contributed by atoms with Gasteiger partial charge in [-0.1, -0.05) is 26.0 Å². The molecule has 1 unspecified atom stereocenters. The second kappa shape index (κ2) is 8.60. The average molecular weight is 349 g/mol. The fraction of sp³-hybridized carbons (Fsp3) is 0.500. The number of hydrogen-bond donors (Lipinski definition) is 2. The Balaban J connectivity index is 1.72. The summed E-state index contributed by atoms with van der Waals surface area (Å²) in [5.41, 5.74) is -0.0282. The van der Waals surface area contributed by atoms with E-state index in [0.717, 1.165) is 0 Å². The van der Waals surface area contributed by atoms with Crippen LogP contribution >= 0.6 is 0 Å². The Kier molecular flexibility index (Phi) is 6.50. The van der Waals surface area contributed by atoms with Crippen LogP contribution < -0.4 is 10.6 Å². The molecular weight excluding hydrogens is 325 g/mol. The molecule has 7 heteroatoms.